The monoisotopic (exact) mass is 265 g/mol. The second kappa shape index (κ2) is 5.17. The summed E-state index contributed by atoms with van der Waals surface area (Å²) in [5.74, 6) is -1.09. The van der Waals surface area contributed by atoms with Gasteiger partial charge in [0.05, 0.1) is 6.10 Å². The standard InChI is InChI=1S/C14H19NO4/c1-8-12(10(3)16)9(2)15(13(8)14(17)18)7-11-5-4-6-19-11/h11H,4-7H2,1-3H3,(H,17,18)/t11-/m1/s1. The third kappa shape index (κ3) is 2.42. The van der Waals surface area contributed by atoms with E-state index in [0.717, 1.165) is 25.1 Å². The van der Waals surface area contributed by atoms with Gasteiger partial charge in [0.2, 0.25) is 0 Å². The molecule has 0 radical (unpaired) electrons. The number of carbonyl (C=O) groups is 2. The first-order chi connectivity index (χ1) is 8.93. The number of aromatic carboxylic acids is 1. The molecule has 1 aromatic heterocycles. The number of ether oxygens (including phenoxy) is 1. The van der Waals surface area contributed by atoms with Gasteiger partial charge in [0.1, 0.15) is 5.69 Å². The molecule has 1 N–H and O–H groups in total. The Morgan fingerprint density at radius 3 is 2.58 bits per heavy atom. The number of carbonyl (C=O) groups excluding carboxylic acids is 1. The summed E-state index contributed by atoms with van der Waals surface area (Å²) in [6, 6.07) is 0. The minimum absolute atomic E-state index is 0.0448. The Balaban J connectivity index is 2.47. The first-order valence-electron chi connectivity index (χ1n) is 6.49. The molecule has 104 valence electrons. The predicted molar refractivity (Wildman–Crippen MR) is 69.8 cm³/mol. The number of aromatic nitrogens is 1. The van der Waals surface area contributed by atoms with E-state index in [1.54, 1.807) is 18.4 Å². The summed E-state index contributed by atoms with van der Waals surface area (Å²) in [7, 11) is 0. The number of hydrogen-bond acceptors (Lipinski definition) is 3. The summed E-state index contributed by atoms with van der Waals surface area (Å²) in [6.07, 6.45) is 1.99. The fourth-order valence-corrected chi connectivity index (χ4v) is 2.91. The zero-order valence-electron chi connectivity index (χ0n) is 11.5. The van der Waals surface area contributed by atoms with Crippen LogP contribution in [0, 0.1) is 13.8 Å². The van der Waals surface area contributed by atoms with Gasteiger partial charge in [-0.2, -0.15) is 0 Å². The molecule has 0 unspecified atom stereocenters. The topological polar surface area (TPSA) is 68.5 Å². The SMILES string of the molecule is CC(=O)c1c(C)c(C(=O)O)n(C[C@H]2CCCO2)c1C. The van der Waals surface area contributed by atoms with E-state index in [-0.39, 0.29) is 17.6 Å². The lowest BCUT2D eigenvalue weighted by Crippen LogP contribution is -2.20. The van der Waals surface area contributed by atoms with Crippen LogP contribution in [-0.4, -0.2) is 34.1 Å². The molecule has 0 bridgehead atoms. The van der Waals surface area contributed by atoms with E-state index in [1.165, 1.54) is 6.92 Å². The average molecular weight is 265 g/mol. The highest BCUT2D eigenvalue weighted by molar-refractivity contribution is 6.01. The lowest BCUT2D eigenvalue weighted by atomic mass is 10.1. The van der Waals surface area contributed by atoms with Crippen molar-refractivity contribution in [2.75, 3.05) is 6.61 Å². The largest absolute Gasteiger partial charge is 0.477 e. The van der Waals surface area contributed by atoms with Crippen LogP contribution < -0.4 is 0 Å². The van der Waals surface area contributed by atoms with Crippen molar-refractivity contribution in [2.24, 2.45) is 0 Å². The number of nitrogens with zero attached hydrogens (tertiary/aromatic N) is 1. The van der Waals surface area contributed by atoms with Crippen LogP contribution in [0.2, 0.25) is 0 Å². The minimum Gasteiger partial charge on any atom is -0.477 e. The van der Waals surface area contributed by atoms with Crippen LogP contribution in [0.25, 0.3) is 0 Å². The van der Waals surface area contributed by atoms with Crippen molar-refractivity contribution in [1.82, 2.24) is 4.57 Å². The van der Waals surface area contributed by atoms with Gasteiger partial charge in [-0.3, -0.25) is 4.79 Å². The Morgan fingerprint density at radius 2 is 2.11 bits per heavy atom. The number of Topliss-reactive ketones (excluding diaryl/α,β-unsaturated/α-hetero) is 1. The van der Waals surface area contributed by atoms with Crippen molar-refractivity contribution in [3.8, 4) is 0 Å². The Labute approximate surface area is 112 Å². The smallest absolute Gasteiger partial charge is 0.352 e. The zero-order valence-corrected chi connectivity index (χ0v) is 11.5. The maximum Gasteiger partial charge on any atom is 0.352 e. The summed E-state index contributed by atoms with van der Waals surface area (Å²) in [6.45, 7) is 6.19. The molecule has 0 amide bonds. The van der Waals surface area contributed by atoms with Crippen molar-refractivity contribution < 1.29 is 19.4 Å². The first kappa shape index (κ1) is 13.8. The Hall–Kier alpha value is -1.62. The van der Waals surface area contributed by atoms with Gasteiger partial charge in [-0.05, 0) is 39.2 Å². The quantitative estimate of drug-likeness (QED) is 0.847. The Kier molecular flexibility index (Phi) is 3.75. The van der Waals surface area contributed by atoms with E-state index in [9.17, 15) is 14.7 Å². The summed E-state index contributed by atoms with van der Waals surface area (Å²) in [4.78, 5) is 23.1. The van der Waals surface area contributed by atoms with Gasteiger partial charge in [0, 0.05) is 24.4 Å². The highest BCUT2D eigenvalue weighted by atomic mass is 16.5. The number of carboxylic acids is 1. The van der Waals surface area contributed by atoms with Crippen molar-refractivity contribution in [2.45, 2.75) is 46.3 Å². The van der Waals surface area contributed by atoms with Crippen LogP contribution in [-0.2, 0) is 11.3 Å². The van der Waals surface area contributed by atoms with Crippen molar-refractivity contribution in [1.29, 1.82) is 0 Å². The molecule has 0 aliphatic carbocycles. The van der Waals surface area contributed by atoms with E-state index in [1.807, 2.05) is 0 Å². The third-order valence-electron chi connectivity index (χ3n) is 3.73. The molecule has 1 aliphatic rings. The molecule has 0 saturated carbocycles. The van der Waals surface area contributed by atoms with Gasteiger partial charge >= 0.3 is 5.97 Å². The maximum absolute atomic E-state index is 11.7. The molecule has 0 aromatic carbocycles. The van der Waals surface area contributed by atoms with Crippen LogP contribution in [0.5, 0.6) is 0 Å². The number of carboxylic acid groups (broad SMARTS) is 1. The van der Waals surface area contributed by atoms with Crippen LogP contribution in [0.1, 0.15) is 51.9 Å². The number of hydrogen-bond donors (Lipinski definition) is 1. The van der Waals surface area contributed by atoms with Gasteiger partial charge < -0.3 is 14.4 Å². The minimum atomic E-state index is -0.994. The van der Waals surface area contributed by atoms with Gasteiger partial charge in [-0.15, -0.1) is 0 Å². The van der Waals surface area contributed by atoms with Gasteiger partial charge in [-0.25, -0.2) is 4.79 Å². The molecule has 1 saturated heterocycles. The fourth-order valence-electron chi connectivity index (χ4n) is 2.91. The Morgan fingerprint density at radius 1 is 1.42 bits per heavy atom. The van der Waals surface area contributed by atoms with E-state index >= 15 is 0 Å². The van der Waals surface area contributed by atoms with Crippen molar-refractivity contribution in [3.63, 3.8) is 0 Å². The predicted octanol–water partition coefficient (Wildman–Crippen LogP) is 2.18. The number of rotatable bonds is 4. The van der Waals surface area contributed by atoms with Gasteiger partial charge in [0.15, 0.2) is 5.78 Å². The van der Waals surface area contributed by atoms with Gasteiger partial charge in [-0.1, -0.05) is 0 Å². The van der Waals surface area contributed by atoms with Crippen LogP contribution in [0.3, 0.4) is 0 Å². The van der Waals surface area contributed by atoms with Crippen LogP contribution in [0.15, 0.2) is 0 Å². The molecule has 19 heavy (non-hydrogen) atoms. The number of ketones is 1. The molecule has 5 nitrogen and oxygen atoms in total. The van der Waals surface area contributed by atoms with Crippen molar-refractivity contribution >= 4 is 11.8 Å². The highest BCUT2D eigenvalue weighted by Gasteiger charge is 2.27. The van der Waals surface area contributed by atoms with E-state index in [2.05, 4.69) is 0 Å². The van der Waals surface area contributed by atoms with E-state index in [0.29, 0.717) is 17.7 Å². The zero-order chi connectivity index (χ0) is 14.2. The van der Waals surface area contributed by atoms with Crippen molar-refractivity contribution in [3.05, 3.63) is 22.5 Å². The molecule has 1 atom stereocenters. The van der Waals surface area contributed by atoms with E-state index in [4.69, 9.17) is 4.74 Å². The molecule has 0 spiro atoms. The second-order valence-corrected chi connectivity index (χ2v) is 5.04. The van der Waals surface area contributed by atoms with Gasteiger partial charge in [0.25, 0.3) is 0 Å². The maximum atomic E-state index is 11.7. The molecule has 1 fully saturated rings. The summed E-state index contributed by atoms with van der Waals surface area (Å²) in [5.41, 5.74) is 2.00. The lowest BCUT2D eigenvalue weighted by molar-refractivity contribution is 0.0668. The third-order valence-corrected chi connectivity index (χ3v) is 3.73. The molecule has 1 aliphatic heterocycles. The first-order valence-corrected chi connectivity index (χ1v) is 6.49. The Bertz CT molecular complexity index is 524. The molecule has 2 heterocycles. The van der Waals surface area contributed by atoms with Crippen LogP contribution in [0.4, 0.5) is 0 Å². The lowest BCUT2D eigenvalue weighted by Gasteiger charge is -2.14. The highest BCUT2D eigenvalue weighted by Crippen LogP contribution is 2.25. The summed E-state index contributed by atoms with van der Waals surface area (Å²) >= 11 is 0. The molecule has 5 heteroatoms. The van der Waals surface area contributed by atoms with Crippen LogP contribution >= 0.6 is 0 Å². The molecular weight excluding hydrogens is 246 g/mol. The normalized spacial score (nSPS) is 18.8. The fraction of sp³-hybridized carbons (Fsp3) is 0.571. The van der Waals surface area contributed by atoms with E-state index < -0.39 is 5.97 Å². The summed E-state index contributed by atoms with van der Waals surface area (Å²) in [5, 5.41) is 9.37. The average Bonchev–Trinajstić information content (AvgIpc) is 2.87. The summed E-state index contributed by atoms with van der Waals surface area (Å²) < 4.78 is 7.27. The molecular formula is C14H19NO4. The second-order valence-electron chi connectivity index (χ2n) is 5.04. The molecule has 1 aromatic rings. The molecule has 2 rings (SSSR count).